The van der Waals surface area contributed by atoms with Crippen LogP contribution in [0.5, 0.6) is 0 Å². The lowest BCUT2D eigenvalue weighted by Gasteiger charge is -2.30. The minimum atomic E-state index is 0.00680. The molecule has 2 aliphatic heterocycles. The highest BCUT2D eigenvalue weighted by Crippen LogP contribution is 2.27. The Labute approximate surface area is 115 Å². The Kier molecular flexibility index (Phi) is 4.80. The molecule has 0 aliphatic carbocycles. The largest absolute Gasteiger partial charge is 0.386 e. The Morgan fingerprint density at radius 3 is 2.63 bits per heavy atom. The van der Waals surface area contributed by atoms with E-state index in [9.17, 15) is 4.79 Å². The number of hydrogen-bond acceptors (Lipinski definition) is 3. The minimum Gasteiger partial charge on any atom is -0.386 e. The highest BCUT2D eigenvalue weighted by Gasteiger charge is 2.36. The van der Waals surface area contributed by atoms with Gasteiger partial charge in [-0.2, -0.15) is 0 Å². The van der Waals surface area contributed by atoms with Gasteiger partial charge in [0.15, 0.2) is 0 Å². The lowest BCUT2D eigenvalue weighted by molar-refractivity contribution is -0.134. The van der Waals surface area contributed by atoms with Crippen LogP contribution in [-0.4, -0.2) is 49.0 Å². The summed E-state index contributed by atoms with van der Waals surface area (Å²) in [5.41, 5.74) is 5.94. The van der Waals surface area contributed by atoms with Gasteiger partial charge in [-0.3, -0.25) is 9.79 Å². The second kappa shape index (κ2) is 6.37. The number of likely N-dealkylation sites (tertiary alicyclic amines) is 1. The summed E-state index contributed by atoms with van der Waals surface area (Å²) < 4.78 is 5.34. The molecular weight excluding hydrogens is 242 g/mol. The van der Waals surface area contributed by atoms with Crippen molar-refractivity contribution in [2.75, 3.05) is 20.3 Å². The van der Waals surface area contributed by atoms with E-state index in [0.29, 0.717) is 18.2 Å². The molecule has 2 atom stereocenters. The number of hydrogen-bond donors (Lipinski definition) is 1. The SMILES string of the molecule is CN=C(N)C1CCC(C)N1C(=O)CC1CCOCC1. The molecule has 2 saturated heterocycles. The van der Waals surface area contributed by atoms with Gasteiger partial charge in [0.25, 0.3) is 0 Å². The van der Waals surface area contributed by atoms with Gasteiger partial charge in [-0.25, -0.2) is 0 Å². The Morgan fingerprint density at radius 1 is 1.32 bits per heavy atom. The van der Waals surface area contributed by atoms with Gasteiger partial charge in [-0.1, -0.05) is 0 Å². The zero-order valence-electron chi connectivity index (χ0n) is 12.0. The van der Waals surface area contributed by atoms with Crippen LogP contribution in [0.1, 0.15) is 39.0 Å². The number of carbonyl (C=O) groups is 1. The summed E-state index contributed by atoms with van der Waals surface area (Å²) in [5, 5.41) is 0. The summed E-state index contributed by atoms with van der Waals surface area (Å²) in [6.45, 7) is 3.68. The number of amidine groups is 1. The van der Waals surface area contributed by atoms with Crippen LogP contribution in [0.15, 0.2) is 4.99 Å². The van der Waals surface area contributed by atoms with Gasteiger partial charge >= 0.3 is 0 Å². The van der Waals surface area contributed by atoms with Crippen LogP contribution in [0, 0.1) is 5.92 Å². The molecule has 2 aliphatic rings. The summed E-state index contributed by atoms with van der Waals surface area (Å²) in [7, 11) is 1.69. The zero-order chi connectivity index (χ0) is 13.8. The Balaban J connectivity index is 1.98. The quantitative estimate of drug-likeness (QED) is 0.616. The molecule has 19 heavy (non-hydrogen) atoms. The first-order valence-electron chi connectivity index (χ1n) is 7.24. The smallest absolute Gasteiger partial charge is 0.223 e. The average molecular weight is 267 g/mol. The molecular formula is C14H25N3O2. The predicted molar refractivity (Wildman–Crippen MR) is 75.0 cm³/mol. The van der Waals surface area contributed by atoms with Crippen molar-refractivity contribution in [3.63, 3.8) is 0 Å². The predicted octanol–water partition coefficient (Wildman–Crippen LogP) is 1.17. The standard InChI is InChI=1S/C14H25N3O2/c1-10-3-4-12(14(15)16-2)17(10)13(18)9-11-5-7-19-8-6-11/h10-12H,3-9H2,1-2H3,(H2,15,16). The van der Waals surface area contributed by atoms with Crippen molar-refractivity contribution in [2.45, 2.75) is 51.1 Å². The zero-order valence-corrected chi connectivity index (χ0v) is 12.0. The van der Waals surface area contributed by atoms with E-state index in [1.807, 2.05) is 4.90 Å². The van der Waals surface area contributed by atoms with Gasteiger partial charge < -0.3 is 15.4 Å². The maximum absolute atomic E-state index is 12.5. The first-order valence-corrected chi connectivity index (χ1v) is 7.24. The molecule has 2 fully saturated rings. The summed E-state index contributed by atoms with van der Waals surface area (Å²) in [4.78, 5) is 18.6. The topological polar surface area (TPSA) is 67.9 Å². The van der Waals surface area contributed by atoms with Crippen LogP contribution >= 0.6 is 0 Å². The van der Waals surface area contributed by atoms with Gasteiger partial charge in [0.2, 0.25) is 5.91 Å². The van der Waals surface area contributed by atoms with E-state index < -0.39 is 0 Å². The first kappa shape index (κ1) is 14.3. The molecule has 0 aromatic heterocycles. The van der Waals surface area contributed by atoms with E-state index in [1.165, 1.54) is 0 Å². The third-order valence-electron chi connectivity index (χ3n) is 4.36. The van der Waals surface area contributed by atoms with Crippen molar-refractivity contribution in [3.05, 3.63) is 0 Å². The molecule has 0 spiro atoms. The molecule has 1 amide bonds. The lowest BCUT2D eigenvalue weighted by Crippen LogP contribution is -2.47. The van der Waals surface area contributed by atoms with Crippen molar-refractivity contribution in [1.82, 2.24) is 4.90 Å². The monoisotopic (exact) mass is 267 g/mol. The van der Waals surface area contributed by atoms with Gasteiger partial charge in [-0.15, -0.1) is 0 Å². The van der Waals surface area contributed by atoms with Crippen LogP contribution in [0.3, 0.4) is 0 Å². The van der Waals surface area contributed by atoms with Crippen LogP contribution in [0.2, 0.25) is 0 Å². The van der Waals surface area contributed by atoms with E-state index >= 15 is 0 Å². The van der Waals surface area contributed by atoms with Crippen LogP contribution < -0.4 is 5.73 Å². The molecule has 2 heterocycles. The average Bonchev–Trinajstić information content (AvgIpc) is 2.81. The second-order valence-electron chi connectivity index (χ2n) is 5.65. The second-order valence-corrected chi connectivity index (χ2v) is 5.65. The Morgan fingerprint density at radius 2 is 2.00 bits per heavy atom. The number of aliphatic imine (C=N–C) groups is 1. The van der Waals surface area contributed by atoms with E-state index in [-0.39, 0.29) is 18.0 Å². The van der Waals surface area contributed by atoms with Crippen LogP contribution in [-0.2, 0) is 9.53 Å². The maximum Gasteiger partial charge on any atom is 0.223 e. The highest BCUT2D eigenvalue weighted by atomic mass is 16.5. The lowest BCUT2D eigenvalue weighted by atomic mass is 9.95. The molecule has 2 rings (SSSR count). The van der Waals surface area contributed by atoms with E-state index in [1.54, 1.807) is 7.05 Å². The third kappa shape index (κ3) is 3.26. The fraction of sp³-hybridized carbons (Fsp3) is 0.857. The molecule has 0 aromatic carbocycles. The van der Waals surface area contributed by atoms with Crippen molar-refractivity contribution in [1.29, 1.82) is 0 Å². The molecule has 108 valence electrons. The van der Waals surface area contributed by atoms with Crippen molar-refractivity contribution in [3.8, 4) is 0 Å². The molecule has 0 saturated carbocycles. The molecule has 0 radical (unpaired) electrons. The van der Waals surface area contributed by atoms with Gasteiger partial charge in [0, 0.05) is 32.7 Å². The number of ether oxygens (including phenoxy) is 1. The maximum atomic E-state index is 12.5. The number of nitrogens with zero attached hydrogens (tertiary/aromatic N) is 2. The molecule has 2 N–H and O–H groups in total. The summed E-state index contributed by atoms with van der Waals surface area (Å²) >= 11 is 0. The Hall–Kier alpha value is -1.10. The van der Waals surface area contributed by atoms with E-state index in [0.717, 1.165) is 38.9 Å². The number of carbonyl (C=O) groups excluding carboxylic acids is 1. The van der Waals surface area contributed by atoms with Crippen LogP contribution in [0.4, 0.5) is 0 Å². The molecule has 0 aromatic rings. The first-order chi connectivity index (χ1) is 9.13. The molecule has 5 heteroatoms. The molecule has 2 unspecified atom stereocenters. The number of amides is 1. The van der Waals surface area contributed by atoms with Gasteiger partial charge in [-0.05, 0) is 38.5 Å². The van der Waals surface area contributed by atoms with Crippen LogP contribution in [0.25, 0.3) is 0 Å². The summed E-state index contributed by atoms with van der Waals surface area (Å²) in [5.74, 6) is 1.28. The van der Waals surface area contributed by atoms with Gasteiger partial charge in [0.05, 0.1) is 6.04 Å². The minimum absolute atomic E-state index is 0.00680. The van der Waals surface area contributed by atoms with E-state index in [2.05, 4.69) is 11.9 Å². The normalized spacial score (nSPS) is 29.8. The van der Waals surface area contributed by atoms with Gasteiger partial charge in [0.1, 0.15) is 5.84 Å². The fourth-order valence-electron chi connectivity index (χ4n) is 3.15. The van der Waals surface area contributed by atoms with Crippen molar-refractivity contribution >= 4 is 11.7 Å². The molecule has 5 nitrogen and oxygen atoms in total. The summed E-state index contributed by atoms with van der Waals surface area (Å²) in [6.07, 6.45) is 4.57. The highest BCUT2D eigenvalue weighted by molar-refractivity contribution is 5.91. The third-order valence-corrected chi connectivity index (χ3v) is 4.36. The van der Waals surface area contributed by atoms with E-state index in [4.69, 9.17) is 10.5 Å². The molecule has 0 bridgehead atoms. The van der Waals surface area contributed by atoms with Crippen molar-refractivity contribution < 1.29 is 9.53 Å². The fourth-order valence-corrected chi connectivity index (χ4v) is 3.15. The van der Waals surface area contributed by atoms with Crippen molar-refractivity contribution in [2.24, 2.45) is 16.6 Å². The number of rotatable bonds is 3. The Bertz CT molecular complexity index is 351. The number of nitrogens with two attached hydrogens (primary N) is 1. The summed E-state index contributed by atoms with van der Waals surface area (Å²) in [6, 6.07) is 0.282.